The summed E-state index contributed by atoms with van der Waals surface area (Å²) in [6, 6.07) is 0. The number of hydrogen-bond donors (Lipinski definition) is 0. The molecule has 0 radical (unpaired) electrons. The van der Waals surface area contributed by atoms with E-state index in [9.17, 15) is 9.59 Å². The number of nitrogens with zero attached hydrogens (tertiary/aromatic N) is 4. The Morgan fingerprint density at radius 3 is 2.50 bits per heavy atom. The maximum Gasteiger partial charge on any atom is 0.332 e. The quantitative estimate of drug-likeness (QED) is 0.687. The predicted molar refractivity (Wildman–Crippen MR) is 72.6 cm³/mol. The maximum absolute atomic E-state index is 12.4. The van der Waals surface area contributed by atoms with Crippen LogP contribution in [0, 0.1) is 0 Å². The Morgan fingerprint density at radius 2 is 1.90 bits per heavy atom. The molecule has 0 spiro atoms. The lowest BCUT2D eigenvalue weighted by atomic mass is 10.4. The highest BCUT2D eigenvalue weighted by molar-refractivity contribution is 5.69. The van der Waals surface area contributed by atoms with Crippen LogP contribution in [0.15, 0.2) is 15.9 Å². The molecule has 0 bridgehead atoms. The SMILES string of the molecule is COC(CCn1c(=O)c2c(ncn2C)n(C)c1=O)OC. The molecule has 0 aliphatic rings. The van der Waals surface area contributed by atoms with Crippen LogP contribution in [0.2, 0.25) is 0 Å². The highest BCUT2D eigenvalue weighted by Crippen LogP contribution is 2.04. The summed E-state index contributed by atoms with van der Waals surface area (Å²) in [6.07, 6.45) is 1.47. The third-order valence-corrected chi connectivity index (χ3v) is 3.32. The number of aryl methyl sites for hydroxylation is 2. The van der Waals surface area contributed by atoms with Gasteiger partial charge in [-0.05, 0) is 0 Å². The lowest BCUT2D eigenvalue weighted by molar-refractivity contribution is -0.108. The van der Waals surface area contributed by atoms with Crippen LogP contribution in [0.3, 0.4) is 0 Å². The Hall–Kier alpha value is -1.93. The minimum atomic E-state index is -0.450. The molecule has 20 heavy (non-hydrogen) atoms. The molecule has 0 amide bonds. The van der Waals surface area contributed by atoms with Crippen molar-refractivity contribution in [3.8, 4) is 0 Å². The van der Waals surface area contributed by atoms with Crippen LogP contribution >= 0.6 is 0 Å². The Labute approximate surface area is 115 Å². The number of methoxy groups -OCH3 is 2. The summed E-state index contributed by atoms with van der Waals surface area (Å²) in [4.78, 5) is 28.6. The first-order valence-electron chi connectivity index (χ1n) is 6.17. The summed E-state index contributed by atoms with van der Waals surface area (Å²) < 4.78 is 14.3. The van der Waals surface area contributed by atoms with Gasteiger partial charge in [-0.15, -0.1) is 0 Å². The second-order valence-electron chi connectivity index (χ2n) is 4.52. The normalized spacial score (nSPS) is 11.7. The zero-order valence-corrected chi connectivity index (χ0v) is 12.0. The Kier molecular flexibility index (Phi) is 4.05. The molecule has 0 unspecified atom stereocenters. The molecule has 0 aromatic carbocycles. The number of aromatic nitrogens is 4. The van der Waals surface area contributed by atoms with Gasteiger partial charge in [0.1, 0.15) is 0 Å². The lowest BCUT2D eigenvalue weighted by Gasteiger charge is -2.14. The number of hydrogen-bond acceptors (Lipinski definition) is 5. The Bertz CT molecular complexity index is 723. The van der Waals surface area contributed by atoms with Crippen molar-refractivity contribution in [1.29, 1.82) is 0 Å². The zero-order chi connectivity index (χ0) is 14.9. The van der Waals surface area contributed by atoms with Gasteiger partial charge < -0.3 is 14.0 Å². The van der Waals surface area contributed by atoms with Crippen LogP contribution < -0.4 is 11.2 Å². The topological polar surface area (TPSA) is 80.3 Å². The number of imidazole rings is 1. The van der Waals surface area contributed by atoms with Crippen molar-refractivity contribution in [2.75, 3.05) is 14.2 Å². The fourth-order valence-corrected chi connectivity index (χ4v) is 2.16. The first kappa shape index (κ1) is 14.5. The molecule has 2 aromatic rings. The molecular weight excluding hydrogens is 264 g/mol. The van der Waals surface area contributed by atoms with Gasteiger partial charge in [0.15, 0.2) is 17.5 Å². The van der Waals surface area contributed by atoms with Gasteiger partial charge in [0.25, 0.3) is 5.56 Å². The molecule has 0 saturated heterocycles. The van der Waals surface area contributed by atoms with E-state index < -0.39 is 12.0 Å². The fraction of sp³-hybridized carbons (Fsp3) is 0.583. The highest BCUT2D eigenvalue weighted by atomic mass is 16.7. The van der Waals surface area contributed by atoms with E-state index in [0.29, 0.717) is 17.6 Å². The maximum atomic E-state index is 12.4. The second-order valence-corrected chi connectivity index (χ2v) is 4.52. The molecule has 0 aliphatic carbocycles. The molecular formula is C12H18N4O4. The van der Waals surface area contributed by atoms with E-state index in [4.69, 9.17) is 9.47 Å². The molecule has 8 nitrogen and oxygen atoms in total. The van der Waals surface area contributed by atoms with Gasteiger partial charge in [0, 0.05) is 41.3 Å². The molecule has 110 valence electrons. The predicted octanol–water partition coefficient (Wildman–Crippen LogP) is -0.557. The molecule has 0 N–H and O–H groups in total. The van der Waals surface area contributed by atoms with Crippen molar-refractivity contribution in [1.82, 2.24) is 18.7 Å². The van der Waals surface area contributed by atoms with Crippen LogP contribution in [0.25, 0.3) is 11.2 Å². The molecule has 0 saturated carbocycles. The smallest absolute Gasteiger partial charge is 0.332 e. The summed E-state index contributed by atoms with van der Waals surface area (Å²) in [5.74, 6) is 0. The minimum Gasteiger partial charge on any atom is -0.356 e. The van der Waals surface area contributed by atoms with Crippen LogP contribution in [0.1, 0.15) is 6.42 Å². The van der Waals surface area contributed by atoms with Crippen molar-refractivity contribution in [3.05, 3.63) is 27.2 Å². The van der Waals surface area contributed by atoms with E-state index in [1.54, 1.807) is 18.7 Å². The third kappa shape index (κ3) is 2.27. The van der Waals surface area contributed by atoms with Gasteiger partial charge in [0.2, 0.25) is 0 Å². The van der Waals surface area contributed by atoms with E-state index in [1.807, 2.05) is 0 Å². The lowest BCUT2D eigenvalue weighted by Crippen LogP contribution is -2.40. The third-order valence-electron chi connectivity index (χ3n) is 3.32. The van der Waals surface area contributed by atoms with E-state index in [-0.39, 0.29) is 12.1 Å². The molecule has 2 rings (SSSR count). The fourth-order valence-electron chi connectivity index (χ4n) is 2.16. The first-order valence-corrected chi connectivity index (χ1v) is 6.17. The van der Waals surface area contributed by atoms with Crippen molar-refractivity contribution in [2.45, 2.75) is 19.3 Å². The minimum absolute atomic E-state index is 0.221. The van der Waals surface area contributed by atoms with Crippen molar-refractivity contribution >= 4 is 11.2 Å². The molecule has 0 atom stereocenters. The van der Waals surface area contributed by atoms with E-state index in [1.165, 1.54) is 29.7 Å². The van der Waals surface area contributed by atoms with Crippen molar-refractivity contribution in [2.24, 2.45) is 14.1 Å². The van der Waals surface area contributed by atoms with Crippen LogP contribution in [-0.4, -0.2) is 39.2 Å². The van der Waals surface area contributed by atoms with E-state index in [2.05, 4.69) is 4.98 Å². The average Bonchev–Trinajstić information content (AvgIpc) is 2.83. The van der Waals surface area contributed by atoms with E-state index in [0.717, 1.165) is 0 Å². The molecule has 0 fully saturated rings. The Balaban J connectivity index is 2.51. The van der Waals surface area contributed by atoms with Crippen LogP contribution in [-0.2, 0) is 30.1 Å². The van der Waals surface area contributed by atoms with Crippen LogP contribution in [0.4, 0.5) is 0 Å². The Morgan fingerprint density at radius 1 is 1.25 bits per heavy atom. The van der Waals surface area contributed by atoms with E-state index >= 15 is 0 Å². The summed E-state index contributed by atoms with van der Waals surface area (Å²) in [6.45, 7) is 0.221. The van der Waals surface area contributed by atoms with Crippen molar-refractivity contribution < 1.29 is 9.47 Å². The van der Waals surface area contributed by atoms with Gasteiger partial charge in [0.05, 0.1) is 6.33 Å². The average molecular weight is 282 g/mol. The van der Waals surface area contributed by atoms with Gasteiger partial charge in [-0.1, -0.05) is 0 Å². The van der Waals surface area contributed by atoms with Gasteiger partial charge in [-0.3, -0.25) is 13.9 Å². The summed E-state index contributed by atoms with van der Waals surface area (Å²) in [5, 5.41) is 0. The standard InChI is InChI=1S/C12H18N4O4/c1-14-7-13-10-9(14)11(17)16(12(18)15(10)2)6-5-8(19-3)20-4/h7-8H,5-6H2,1-4H3. The molecule has 0 aliphatic heterocycles. The summed E-state index contributed by atoms with van der Waals surface area (Å²) in [5.41, 5.74) is 0.0356. The summed E-state index contributed by atoms with van der Waals surface area (Å²) >= 11 is 0. The van der Waals surface area contributed by atoms with Gasteiger partial charge in [-0.25, -0.2) is 9.78 Å². The summed E-state index contributed by atoms with van der Waals surface area (Å²) in [7, 11) is 6.34. The first-order chi connectivity index (χ1) is 9.51. The second kappa shape index (κ2) is 5.59. The van der Waals surface area contributed by atoms with Crippen LogP contribution in [0.5, 0.6) is 0 Å². The highest BCUT2D eigenvalue weighted by Gasteiger charge is 2.16. The molecule has 2 heterocycles. The number of ether oxygens (including phenoxy) is 2. The zero-order valence-electron chi connectivity index (χ0n) is 12.0. The largest absolute Gasteiger partial charge is 0.356 e. The van der Waals surface area contributed by atoms with Gasteiger partial charge in [-0.2, -0.15) is 0 Å². The molecule has 8 heteroatoms. The number of fused-ring (bicyclic) bond motifs is 1. The number of rotatable bonds is 5. The monoisotopic (exact) mass is 282 g/mol. The van der Waals surface area contributed by atoms with Crippen molar-refractivity contribution in [3.63, 3.8) is 0 Å². The molecule has 2 aromatic heterocycles. The van der Waals surface area contributed by atoms with Gasteiger partial charge >= 0.3 is 5.69 Å².